The Bertz CT molecular complexity index is 390. The van der Waals surface area contributed by atoms with E-state index in [0.29, 0.717) is 6.61 Å². The largest absolute Gasteiger partial charge is 0.396 e. The molecule has 0 amide bonds. The molecular weight excluding hydrogens is 198 g/mol. The standard InChI is InChI=1S/C14H19NO/c16-10-14(5-1-6-14)9-11-2-3-13-12(8-11)4-7-15-13/h2-3,8,15-16H,1,4-7,9-10H2. The predicted molar refractivity (Wildman–Crippen MR) is 65.7 cm³/mol. The van der Waals surface area contributed by atoms with Crippen molar-refractivity contribution in [1.82, 2.24) is 0 Å². The number of fused-ring (bicyclic) bond motifs is 1. The molecule has 0 atom stereocenters. The van der Waals surface area contributed by atoms with Crippen LogP contribution in [-0.4, -0.2) is 18.3 Å². The summed E-state index contributed by atoms with van der Waals surface area (Å²) in [6.45, 7) is 1.42. The first-order valence-electron chi connectivity index (χ1n) is 6.28. The molecule has 0 radical (unpaired) electrons. The van der Waals surface area contributed by atoms with E-state index in [4.69, 9.17) is 0 Å². The maximum absolute atomic E-state index is 9.48. The van der Waals surface area contributed by atoms with E-state index < -0.39 is 0 Å². The highest BCUT2D eigenvalue weighted by molar-refractivity contribution is 5.56. The highest BCUT2D eigenvalue weighted by Crippen LogP contribution is 2.43. The minimum Gasteiger partial charge on any atom is -0.396 e. The molecule has 1 heterocycles. The van der Waals surface area contributed by atoms with Gasteiger partial charge in [-0.05, 0) is 48.3 Å². The summed E-state index contributed by atoms with van der Waals surface area (Å²) in [7, 11) is 0. The minimum absolute atomic E-state index is 0.209. The summed E-state index contributed by atoms with van der Waals surface area (Å²) < 4.78 is 0. The fraction of sp³-hybridized carbons (Fsp3) is 0.571. The van der Waals surface area contributed by atoms with Gasteiger partial charge in [0.1, 0.15) is 0 Å². The average molecular weight is 217 g/mol. The highest BCUT2D eigenvalue weighted by atomic mass is 16.3. The van der Waals surface area contributed by atoms with E-state index in [1.54, 1.807) is 0 Å². The van der Waals surface area contributed by atoms with Crippen molar-refractivity contribution in [2.24, 2.45) is 5.41 Å². The molecule has 2 aliphatic rings. The third-order valence-electron chi connectivity index (χ3n) is 4.21. The Morgan fingerprint density at radius 3 is 2.88 bits per heavy atom. The van der Waals surface area contributed by atoms with E-state index in [-0.39, 0.29) is 5.41 Å². The van der Waals surface area contributed by atoms with Gasteiger partial charge in [0.25, 0.3) is 0 Å². The summed E-state index contributed by atoms with van der Waals surface area (Å²) in [5.41, 5.74) is 4.36. The van der Waals surface area contributed by atoms with Crippen LogP contribution < -0.4 is 5.32 Å². The van der Waals surface area contributed by atoms with Gasteiger partial charge in [-0.1, -0.05) is 18.6 Å². The van der Waals surface area contributed by atoms with Gasteiger partial charge in [-0.2, -0.15) is 0 Å². The Kier molecular flexibility index (Phi) is 2.40. The molecule has 0 saturated heterocycles. The normalized spacial score (nSPS) is 21.1. The third kappa shape index (κ3) is 1.61. The molecule has 0 spiro atoms. The second-order valence-electron chi connectivity index (χ2n) is 5.36. The average Bonchev–Trinajstić information content (AvgIpc) is 2.70. The smallest absolute Gasteiger partial charge is 0.0490 e. The summed E-state index contributed by atoms with van der Waals surface area (Å²) >= 11 is 0. The topological polar surface area (TPSA) is 32.3 Å². The number of nitrogens with one attached hydrogen (secondary N) is 1. The zero-order valence-electron chi connectivity index (χ0n) is 9.63. The fourth-order valence-corrected chi connectivity index (χ4v) is 2.97. The van der Waals surface area contributed by atoms with E-state index >= 15 is 0 Å². The molecule has 1 aliphatic heterocycles. The first-order chi connectivity index (χ1) is 7.81. The number of rotatable bonds is 3. The lowest BCUT2D eigenvalue weighted by Crippen LogP contribution is -2.35. The highest BCUT2D eigenvalue weighted by Gasteiger charge is 2.36. The van der Waals surface area contributed by atoms with Crippen LogP contribution in [0.15, 0.2) is 18.2 Å². The molecule has 1 aromatic carbocycles. The van der Waals surface area contributed by atoms with Crippen molar-refractivity contribution in [3.05, 3.63) is 29.3 Å². The minimum atomic E-state index is 0.209. The van der Waals surface area contributed by atoms with Crippen molar-refractivity contribution in [1.29, 1.82) is 0 Å². The Morgan fingerprint density at radius 1 is 1.31 bits per heavy atom. The summed E-state index contributed by atoms with van der Waals surface area (Å²) in [6.07, 6.45) is 5.87. The Balaban J connectivity index is 1.80. The molecule has 0 aromatic heterocycles. The van der Waals surface area contributed by atoms with Gasteiger partial charge in [-0.25, -0.2) is 0 Å². The molecule has 1 fully saturated rings. The van der Waals surface area contributed by atoms with Gasteiger partial charge in [0, 0.05) is 18.8 Å². The predicted octanol–water partition coefficient (Wildman–Crippen LogP) is 2.36. The van der Waals surface area contributed by atoms with Crippen LogP contribution in [-0.2, 0) is 12.8 Å². The zero-order valence-corrected chi connectivity index (χ0v) is 9.63. The molecule has 2 N–H and O–H groups in total. The van der Waals surface area contributed by atoms with E-state index in [1.807, 2.05) is 0 Å². The SMILES string of the molecule is OCC1(Cc2ccc3c(c2)CCN3)CCC1. The lowest BCUT2D eigenvalue weighted by Gasteiger charge is -2.40. The zero-order chi connectivity index (χ0) is 11.0. The molecule has 16 heavy (non-hydrogen) atoms. The second-order valence-corrected chi connectivity index (χ2v) is 5.36. The Morgan fingerprint density at radius 2 is 2.19 bits per heavy atom. The van der Waals surface area contributed by atoms with Crippen LogP contribution in [0.25, 0.3) is 0 Å². The molecule has 2 heteroatoms. The van der Waals surface area contributed by atoms with Gasteiger partial charge in [0.15, 0.2) is 0 Å². The summed E-state index contributed by atoms with van der Waals surface area (Å²) in [6, 6.07) is 6.74. The van der Waals surface area contributed by atoms with Crippen LogP contribution >= 0.6 is 0 Å². The van der Waals surface area contributed by atoms with E-state index in [2.05, 4.69) is 23.5 Å². The van der Waals surface area contributed by atoms with Crippen molar-refractivity contribution in [3.63, 3.8) is 0 Å². The van der Waals surface area contributed by atoms with Gasteiger partial charge in [0.2, 0.25) is 0 Å². The monoisotopic (exact) mass is 217 g/mol. The third-order valence-corrected chi connectivity index (χ3v) is 4.21. The van der Waals surface area contributed by atoms with E-state index in [9.17, 15) is 5.11 Å². The van der Waals surface area contributed by atoms with Gasteiger partial charge in [-0.3, -0.25) is 0 Å². The maximum Gasteiger partial charge on any atom is 0.0490 e. The fourth-order valence-electron chi connectivity index (χ4n) is 2.97. The Labute approximate surface area is 96.7 Å². The van der Waals surface area contributed by atoms with Crippen molar-refractivity contribution in [2.75, 3.05) is 18.5 Å². The molecule has 86 valence electrons. The van der Waals surface area contributed by atoms with Crippen molar-refractivity contribution in [2.45, 2.75) is 32.1 Å². The van der Waals surface area contributed by atoms with Crippen LogP contribution in [0.4, 0.5) is 5.69 Å². The van der Waals surface area contributed by atoms with E-state index in [1.165, 1.54) is 36.1 Å². The van der Waals surface area contributed by atoms with Crippen molar-refractivity contribution >= 4 is 5.69 Å². The van der Waals surface area contributed by atoms with Gasteiger partial charge in [-0.15, -0.1) is 0 Å². The number of anilines is 1. The van der Waals surface area contributed by atoms with Crippen molar-refractivity contribution in [3.8, 4) is 0 Å². The number of aliphatic hydroxyl groups is 1. The van der Waals surface area contributed by atoms with Crippen LogP contribution in [0.1, 0.15) is 30.4 Å². The summed E-state index contributed by atoms with van der Waals surface area (Å²) in [4.78, 5) is 0. The van der Waals surface area contributed by atoms with Gasteiger partial charge >= 0.3 is 0 Å². The molecule has 3 rings (SSSR count). The maximum atomic E-state index is 9.48. The molecular formula is C14H19NO. The molecule has 1 aliphatic carbocycles. The van der Waals surface area contributed by atoms with Crippen LogP contribution in [0.2, 0.25) is 0 Å². The molecule has 2 nitrogen and oxygen atoms in total. The molecule has 1 aromatic rings. The number of hydrogen-bond donors (Lipinski definition) is 2. The number of hydrogen-bond acceptors (Lipinski definition) is 2. The molecule has 0 bridgehead atoms. The summed E-state index contributed by atoms with van der Waals surface area (Å²) in [5, 5.41) is 12.9. The van der Waals surface area contributed by atoms with Gasteiger partial charge < -0.3 is 10.4 Å². The second kappa shape index (κ2) is 3.77. The number of benzene rings is 1. The van der Waals surface area contributed by atoms with Crippen LogP contribution in [0.5, 0.6) is 0 Å². The number of aliphatic hydroxyl groups excluding tert-OH is 1. The lowest BCUT2D eigenvalue weighted by atomic mass is 9.66. The Hall–Kier alpha value is -1.02. The first-order valence-corrected chi connectivity index (χ1v) is 6.28. The molecule has 1 saturated carbocycles. The van der Waals surface area contributed by atoms with E-state index in [0.717, 1.165) is 19.4 Å². The molecule has 0 unspecified atom stereocenters. The van der Waals surface area contributed by atoms with Crippen molar-refractivity contribution < 1.29 is 5.11 Å². The lowest BCUT2D eigenvalue weighted by molar-refractivity contribution is 0.0450. The van der Waals surface area contributed by atoms with Crippen LogP contribution in [0, 0.1) is 5.41 Å². The quantitative estimate of drug-likeness (QED) is 0.814. The summed E-state index contributed by atoms with van der Waals surface area (Å²) in [5.74, 6) is 0. The first kappa shape index (κ1) is 10.2. The van der Waals surface area contributed by atoms with Gasteiger partial charge in [0.05, 0.1) is 0 Å². The van der Waals surface area contributed by atoms with Crippen LogP contribution in [0.3, 0.4) is 0 Å².